The third-order valence-electron chi connectivity index (χ3n) is 2.44. The third kappa shape index (κ3) is 10.7. The normalized spacial score (nSPS) is 18.7. The Labute approximate surface area is 125 Å². The summed E-state index contributed by atoms with van der Waals surface area (Å²) in [6.07, 6.45) is 1.74. The van der Waals surface area contributed by atoms with Gasteiger partial charge in [0.05, 0.1) is 24.0 Å². The second-order valence-corrected chi connectivity index (χ2v) is 6.57. The van der Waals surface area contributed by atoms with E-state index in [1.165, 1.54) is 0 Å². The molecule has 0 rings (SSSR count). The topological polar surface area (TPSA) is 9.23 Å². The average molecular weight is 324 g/mol. The summed E-state index contributed by atoms with van der Waals surface area (Å²) in [5.74, 6) is 2.11. The van der Waals surface area contributed by atoms with Gasteiger partial charge in [0.2, 0.25) is 0 Å². The predicted octanol–water partition coefficient (Wildman–Crippen LogP) is 4.75. The lowest BCUT2D eigenvalue weighted by Gasteiger charge is -2.16. The van der Waals surface area contributed by atoms with Crippen LogP contribution in [0, 0.1) is 11.8 Å². The van der Waals surface area contributed by atoms with Crippen molar-refractivity contribution in [3.63, 3.8) is 0 Å². The maximum Gasteiger partial charge on any atom is 0.0630 e. The molecule has 0 spiro atoms. The van der Waals surface area contributed by atoms with Crippen LogP contribution >= 0.6 is 46.4 Å². The average Bonchev–Trinajstić information content (AvgIpc) is 2.28. The minimum absolute atomic E-state index is 0.0121. The van der Waals surface area contributed by atoms with E-state index in [9.17, 15) is 0 Å². The second-order valence-electron chi connectivity index (χ2n) is 4.72. The number of rotatable bonds is 10. The summed E-state index contributed by atoms with van der Waals surface area (Å²) < 4.78 is 5.50. The molecule has 0 radical (unpaired) electrons. The molecule has 0 aromatic rings. The van der Waals surface area contributed by atoms with Crippen molar-refractivity contribution < 1.29 is 4.74 Å². The standard InChI is InChI=1S/C12H22Cl4O/c1-9(5-13)3-11(15)7-17-8-12(16)4-10(2)6-14/h9-12H,3-8H2,1-2H3. The van der Waals surface area contributed by atoms with E-state index in [-0.39, 0.29) is 10.8 Å². The van der Waals surface area contributed by atoms with Crippen molar-refractivity contribution in [1.29, 1.82) is 0 Å². The Kier molecular flexibility index (Phi) is 11.7. The molecule has 0 saturated heterocycles. The molecule has 0 aliphatic heterocycles. The van der Waals surface area contributed by atoms with E-state index in [2.05, 4.69) is 13.8 Å². The number of hydrogen-bond donors (Lipinski definition) is 0. The molecule has 1 nitrogen and oxygen atoms in total. The first-order chi connectivity index (χ1) is 7.99. The van der Waals surface area contributed by atoms with Crippen LogP contribution in [-0.2, 0) is 4.74 Å². The van der Waals surface area contributed by atoms with Crippen LogP contribution in [0.3, 0.4) is 0 Å². The maximum absolute atomic E-state index is 6.12. The molecule has 5 heteroatoms. The molecule has 4 atom stereocenters. The summed E-state index contributed by atoms with van der Waals surface area (Å²) in [7, 11) is 0. The third-order valence-corrected chi connectivity index (χ3v) is 4.10. The largest absolute Gasteiger partial charge is 0.378 e. The molecule has 0 aliphatic rings. The van der Waals surface area contributed by atoms with Crippen molar-refractivity contribution >= 4 is 46.4 Å². The summed E-state index contributed by atoms with van der Waals surface area (Å²) >= 11 is 23.7. The van der Waals surface area contributed by atoms with Crippen LogP contribution in [0.25, 0.3) is 0 Å². The van der Waals surface area contributed by atoms with Crippen LogP contribution in [0.5, 0.6) is 0 Å². The minimum atomic E-state index is 0.0121. The maximum atomic E-state index is 6.12. The van der Waals surface area contributed by atoms with Crippen LogP contribution in [0.4, 0.5) is 0 Å². The monoisotopic (exact) mass is 322 g/mol. The fraction of sp³-hybridized carbons (Fsp3) is 1.00. The van der Waals surface area contributed by atoms with Crippen LogP contribution in [0.1, 0.15) is 26.7 Å². The zero-order chi connectivity index (χ0) is 13.3. The van der Waals surface area contributed by atoms with Gasteiger partial charge in [-0.05, 0) is 24.7 Å². The molecular weight excluding hydrogens is 302 g/mol. The van der Waals surface area contributed by atoms with E-state index in [1.807, 2.05) is 0 Å². The van der Waals surface area contributed by atoms with Crippen molar-refractivity contribution in [3.05, 3.63) is 0 Å². The van der Waals surface area contributed by atoms with Crippen molar-refractivity contribution in [2.24, 2.45) is 11.8 Å². The fourth-order valence-corrected chi connectivity index (χ4v) is 2.50. The molecule has 0 bridgehead atoms. The predicted molar refractivity (Wildman–Crippen MR) is 79.1 cm³/mol. The number of alkyl halides is 4. The van der Waals surface area contributed by atoms with Crippen molar-refractivity contribution in [2.45, 2.75) is 37.4 Å². The molecule has 0 aromatic carbocycles. The van der Waals surface area contributed by atoms with Crippen molar-refractivity contribution in [2.75, 3.05) is 25.0 Å². The van der Waals surface area contributed by atoms with Crippen LogP contribution in [0.2, 0.25) is 0 Å². The Balaban J connectivity index is 3.55. The Hall–Kier alpha value is 1.12. The first kappa shape index (κ1) is 18.1. The van der Waals surface area contributed by atoms with Gasteiger partial charge in [0.25, 0.3) is 0 Å². The molecular formula is C12H22Cl4O. The first-order valence-electron chi connectivity index (χ1n) is 5.97. The molecule has 17 heavy (non-hydrogen) atoms. The molecule has 0 aliphatic carbocycles. The van der Waals surface area contributed by atoms with Gasteiger partial charge in [0.15, 0.2) is 0 Å². The Morgan fingerprint density at radius 2 is 1.18 bits per heavy atom. The van der Waals surface area contributed by atoms with Gasteiger partial charge in [0, 0.05) is 11.8 Å². The number of ether oxygens (including phenoxy) is 1. The highest BCUT2D eigenvalue weighted by molar-refractivity contribution is 6.21. The molecule has 0 amide bonds. The molecule has 0 heterocycles. The zero-order valence-corrected chi connectivity index (χ0v) is 13.5. The van der Waals surface area contributed by atoms with Gasteiger partial charge in [-0.2, -0.15) is 0 Å². The van der Waals surface area contributed by atoms with Gasteiger partial charge >= 0.3 is 0 Å². The summed E-state index contributed by atoms with van der Waals surface area (Å²) in [5, 5.41) is 0.0242. The van der Waals surface area contributed by atoms with Gasteiger partial charge < -0.3 is 4.74 Å². The van der Waals surface area contributed by atoms with Crippen LogP contribution < -0.4 is 0 Å². The van der Waals surface area contributed by atoms with Crippen molar-refractivity contribution in [3.8, 4) is 0 Å². The van der Waals surface area contributed by atoms with Gasteiger partial charge in [-0.15, -0.1) is 46.4 Å². The number of halogens is 4. The van der Waals surface area contributed by atoms with Crippen LogP contribution in [-0.4, -0.2) is 35.7 Å². The van der Waals surface area contributed by atoms with Gasteiger partial charge in [-0.3, -0.25) is 0 Å². The first-order valence-corrected chi connectivity index (χ1v) is 7.91. The van der Waals surface area contributed by atoms with E-state index in [0.717, 1.165) is 12.8 Å². The van der Waals surface area contributed by atoms with E-state index in [1.54, 1.807) is 0 Å². The van der Waals surface area contributed by atoms with Gasteiger partial charge in [-0.1, -0.05) is 13.8 Å². The summed E-state index contributed by atoms with van der Waals surface area (Å²) in [4.78, 5) is 0. The Bertz CT molecular complexity index is 162. The van der Waals surface area contributed by atoms with E-state index in [4.69, 9.17) is 51.1 Å². The second kappa shape index (κ2) is 11.0. The zero-order valence-electron chi connectivity index (χ0n) is 10.5. The van der Waals surface area contributed by atoms with Crippen molar-refractivity contribution in [1.82, 2.24) is 0 Å². The molecule has 4 unspecified atom stereocenters. The molecule has 104 valence electrons. The Morgan fingerprint density at radius 1 is 0.824 bits per heavy atom. The molecule has 0 aromatic heterocycles. The number of hydrogen-bond acceptors (Lipinski definition) is 1. The fourth-order valence-electron chi connectivity index (χ4n) is 1.46. The van der Waals surface area contributed by atoms with E-state index >= 15 is 0 Å². The van der Waals surface area contributed by atoms with E-state index in [0.29, 0.717) is 36.8 Å². The quantitative estimate of drug-likeness (QED) is 0.527. The SMILES string of the molecule is CC(CCl)CC(Cl)COCC(Cl)CC(C)CCl. The molecule has 0 fully saturated rings. The van der Waals surface area contributed by atoms with E-state index < -0.39 is 0 Å². The van der Waals surface area contributed by atoms with Gasteiger partial charge in [-0.25, -0.2) is 0 Å². The summed E-state index contributed by atoms with van der Waals surface area (Å²) in [6, 6.07) is 0. The summed E-state index contributed by atoms with van der Waals surface area (Å²) in [6.45, 7) is 5.21. The lowest BCUT2D eigenvalue weighted by atomic mass is 10.1. The minimum Gasteiger partial charge on any atom is -0.378 e. The molecule has 0 saturated carbocycles. The smallest absolute Gasteiger partial charge is 0.0630 e. The molecule has 0 N–H and O–H groups in total. The lowest BCUT2D eigenvalue weighted by molar-refractivity contribution is 0.126. The summed E-state index contributed by atoms with van der Waals surface area (Å²) in [5.41, 5.74) is 0. The highest BCUT2D eigenvalue weighted by atomic mass is 35.5. The Morgan fingerprint density at radius 3 is 1.47 bits per heavy atom. The highest BCUT2D eigenvalue weighted by Crippen LogP contribution is 2.15. The lowest BCUT2D eigenvalue weighted by Crippen LogP contribution is -2.19. The van der Waals surface area contributed by atoms with Crippen LogP contribution in [0.15, 0.2) is 0 Å². The van der Waals surface area contributed by atoms with Gasteiger partial charge in [0.1, 0.15) is 0 Å². The highest BCUT2D eigenvalue weighted by Gasteiger charge is 2.13.